The van der Waals surface area contributed by atoms with Crippen molar-refractivity contribution in [3.8, 4) is 0 Å². The minimum Gasteiger partial charge on any atom is -0.314 e. The Morgan fingerprint density at radius 1 is 0.947 bits per heavy atom. The SMILES string of the molecule is CCCC(CCc1ccc2ccccc2c1)NCC. The highest BCUT2D eigenvalue weighted by atomic mass is 14.9. The summed E-state index contributed by atoms with van der Waals surface area (Å²) < 4.78 is 0. The average molecular weight is 255 g/mol. The molecule has 0 saturated carbocycles. The van der Waals surface area contributed by atoms with Crippen molar-refractivity contribution in [3.05, 3.63) is 48.0 Å². The lowest BCUT2D eigenvalue weighted by Gasteiger charge is -2.17. The van der Waals surface area contributed by atoms with Crippen LogP contribution in [0.3, 0.4) is 0 Å². The van der Waals surface area contributed by atoms with E-state index in [1.807, 2.05) is 0 Å². The summed E-state index contributed by atoms with van der Waals surface area (Å²) in [6.07, 6.45) is 4.94. The zero-order valence-corrected chi connectivity index (χ0v) is 12.2. The Morgan fingerprint density at radius 2 is 1.74 bits per heavy atom. The fraction of sp³-hybridized carbons (Fsp3) is 0.444. The third kappa shape index (κ3) is 4.07. The van der Waals surface area contributed by atoms with Crippen LogP contribution in [0, 0.1) is 0 Å². The lowest BCUT2D eigenvalue weighted by Crippen LogP contribution is -2.29. The molecule has 0 heterocycles. The topological polar surface area (TPSA) is 12.0 Å². The zero-order chi connectivity index (χ0) is 13.5. The van der Waals surface area contributed by atoms with E-state index >= 15 is 0 Å². The molecule has 0 aliphatic carbocycles. The quantitative estimate of drug-likeness (QED) is 0.765. The van der Waals surface area contributed by atoms with E-state index in [2.05, 4.69) is 61.6 Å². The van der Waals surface area contributed by atoms with E-state index < -0.39 is 0 Å². The maximum atomic E-state index is 3.59. The van der Waals surface area contributed by atoms with Crippen molar-refractivity contribution in [2.24, 2.45) is 0 Å². The van der Waals surface area contributed by atoms with E-state index in [1.165, 1.54) is 42.0 Å². The summed E-state index contributed by atoms with van der Waals surface area (Å²) in [6, 6.07) is 16.1. The fourth-order valence-electron chi connectivity index (χ4n) is 2.72. The number of rotatable bonds is 7. The van der Waals surface area contributed by atoms with Gasteiger partial charge in [-0.1, -0.05) is 62.7 Å². The van der Waals surface area contributed by atoms with Gasteiger partial charge in [0.25, 0.3) is 0 Å². The van der Waals surface area contributed by atoms with Crippen molar-refractivity contribution in [2.45, 2.75) is 45.6 Å². The summed E-state index contributed by atoms with van der Waals surface area (Å²) in [5.41, 5.74) is 1.46. The number of hydrogen-bond acceptors (Lipinski definition) is 1. The van der Waals surface area contributed by atoms with E-state index in [0.29, 0.717) is 6.04 Å². The molecule has 0 radical (unpaired) electrons. The van der Waals surface area contributed by atoms with Crippen LogP contribution >= 0.6 is 0 Å². The first-order valence-corrected chi connectivity index (χ1v) is 7.54. The van der Waals surface area contributed by atoms with Crippen LogP contribution in [-0.2, 0) is 6.42 Å². The number of nitrogens with one attached hydrogen (secondary N) is 1. The molecule has 0 aliphatic rings. The predicted octanol–water partition coefficient (Wildman–Crippen LogP) is 4.55. The molecule has 2 rings (SSSR count). The lowest BCUT2D eigenvalue weighted by atomic mass is 9.99. The summed E-state index contributed by atoms with van der Waals surface area (Å²) in [6.45, 7) is 5.53. The van der Waals surface area contributed by atoms with Crippen LogP contribution in [0.25, 0.3) is 10.8 Å². The van der Waals surface area contributed by atoms with E-state index in [1.54, 1.807) is 0 Å². The molecule has 0 spiro atoms. The Labute approximate surface area is 117 Å². The van der Waals surface area contributed by atoms with E-state index in [-0.39, 0.29) is 0 Å². The van der Waals surface area contributed by atoms with Crippen LogP contribution < -0.4 is 5.32 Å². The molecule has 1 nitrogen and oxygen atoms in total. The maximum absolute atomic E-state index is 3.59. The minimum atomic E-state index is 0.668. The number of aryl methyl sites for hydroxylation is 1. The number of hydrogen-bond donors (Lipinski definition) is 1. The molecule has 2 aromatic carbocycles. The second-order valence-electron chi connectivity index (χ2n) is 5.26. The van der Waals surface area contributed by atoms with Crippen LogP contribution in [0.4, 0.5) is 0 Å². The van der Waals surface area contributed by atoms with Crippen molar-refractivity contribution in [2.75, 3.05) is 6.54 Å². The molecule has 1 heteroatoms. The maximum Gasteiger partial charge on any atom is 0.00700 e. The third-order valence-electron chi connectivity index (χ3n) is 3.73. The second kappa shape index (κ2) is 7.30. The normalized spacial score (nSPS) is 12.7. The van der Waals surface area contributed by atoms with Gasteiger partial charge in [-0.25, -0.2) is 0 Å². The largest absolute Gasteiger partial charge is 0.314 e. The molecule has 1 unspecified atom stereocenters. The summed E-state index contributed by atoms with van der Waals surface area (Å²) in [5, 5.41) is 6.28. The van der Waals surface area contributed by atoms with E-state index in [9.17, 15) is 0 Å². The highest BCUT2D eigenvalue weighted by Gasteiger charge is 2.06. The fourth-order valence-corrected chi connectivity index (χ4v) is 2.72. The van der Waals surface area contributed by atoms with Gasteiger partial charge >= 0.3 is 0 Å². The van der Waals surface area contributed by atoms with Gasteiger partial charge in [0.15, 0.2) is 0 Å². The van der Waals surface area contributed by atoms with Crippen LogP contribution in [-0.4, -0.2) is 12.6 Å². The Kier molecular flexibility index (Phi) is 5.41. The van der Waals surface area contributed by atoms with Gasteiger partial charge in [-0.3, -0.25) is 0 Å². The molecule has 1 atom stereocenters. The molecule has 2 aromatic rings. The predicted molar refractivity (Wildman–Crippen MR) is 84.6 cm³/mol. The first kappa shape index (κ1) is 14.1. The monoisotopic (exact) mass is 255 g/mol. The highest BCUT2D eigenvalue weighted by Crippen LogP contribution is 2.17. The molecule has 0 aliphatic heterocycles. The molecule has 0 aromatic heterocycles. The number of fused-ring (bicyclic) bond motifs is 1. The standard InChI is InChI=1S/C18H25N/c1-3-7-18(19-4-2)13-11-15-10-12-16-8-5-6-9-17(16)14-15/h5-6,8-10,12,14,18-19H,3-4,7,11,13H2,1-2H3. The van der Waals surface area contributed by atoms with Crippen molar-refractivity contribution in [1.82, 2.24) is 5.32 Å². The van der Waals surface area contributed by atoms with Crippen LogP contribution in [0.1, 0.15) is 38.7 Å². The first-order valence-electron chi connectivity index (χ1n) is 7.54. The first-order chi connectivity index (χ1) is 9.33. The van der Waals surface area contributed by atoms with Crippen molar-refractivity contribution in [3.63, 3.8) is 0 Å². The summed E-state index contributed by atoms with van der Waals surface area (Å²) >= 11 is 0. The van der Waals surface area contributed by atoms with Gasteiger partial charge in [0.1, 0.15) is 0 Å². The average Bonchev–Trinajstić information content (AvgIpc) is 2.45. The molecule has 102 valence electrons. The summed E-state index contributed by atoms with van der Waals surface area (Å²) in [4.78, 5) is 0. The Morgan fingerprint density at radius 3 is 2.47 bits per heavy atom. The Bertz CT molecular complexity index is 498. The molecule has 0 amide bonds. The third-order valence-corrected chi connectivity index (χ3v) is 3.73. The van der Waals surface area contributed by atoms with Gasteiger partial charge in [-0.2, -0.15) is 0 Å². The molecule has 1 N–H and O–H groups in total. The molecule has 0 saturated heterocycles. The van der Waals surface area contributed by atoms with Crippen LogP contribution in [0.15, 0.2) is 42.5 Å². The molecular formula is C18H25N. The lowest BCUT2D eigenvalue weighted by molar-refractivity contribution is 0.460. The molecule has 19 heavy (non-hydrogen) atoms. The van der Waals surface area contributed by atoms with Gasteiger partial charge in [-0.15, -0.1) is 0 Å². The molecule has 0 fully saturated rings. The molecular weight excluding hydrogens is 230 g/mol. The van der Waals surface area contributed by atoms with Crippen LogP contribution in [0.2, 0.25) is 0 Å². The van der Waals surface area contributed by atoms with Gasteiger partial charge < -0.3 is 5.32 Å². The summed E-state index contributed by atoms with van der Waals surface area (Å²) in [5.74, 6) is 0. The second-order valence-corrected chi connectivity index (χ2v) is 5.26. The Hall–Kier alpha value is -1.34. The summed E-state index contributed by atoms with van der Waals surface area (Å²) in [7, 11) is 0. The van der Waals surface area contributed by atoms with Gasteiger partial charge in [0, 0.05) is 6.04 Å². The number of benzene rings is 2. The van der Waals surface area contributed by atoms with Gasteiger partial charge in [0.05, 0.1) is 0 Å². The smallest absolute Gasteiger partial charge is 0.00700 e. The Balaban J connectivity index is 2.00. The van der Waals surface area contributed by atoms with Crippen molar-refractivity contribution >= 4 is 10.8 Å². The highest BCUT2D eigenvalue weighted by molar-refractivity contribution is 5.82. The van der Waals surface area contributed by atoms with Crippen LogP contribution in [0.5, 0.6) is 0 Å². The van der Waals surface area contributed by atoms with Crippen molar-refractivity contribution in [1.29, 1.82) is 0 Å². The zero-order valence-electron chi connectivity index (χ0n) is 12.2. The minimum absolute atomic E-state index is 0.668. The molecule has 0 bridgehead atoms. The van der Waals surface area contributed by atoms with Gasteiger partial charge in [-0.05, 0) is 42.1 Å². The van der Waals surface area contributed by atoms with Crippen molar-refractivity contribution < 1.29 is 0 Å². The van der Waals surface area contributed by atoms with E-state index in [0.717, 1.165) is 6.54 Å². The van der Waals surface area contributed by atoms with E-state index in [4.69, 9.17) is 0 Å². The van der Waals surface area contributed by atoms with Gasteiger partial charge in [0.2, 0.25) is 0 Å².